The van der Waals surface area contributed by atoms with Crippen molar-refractivity contribution in [1.82, 2.24) is 4.90 Å². The molecule has 5 nitrogen and oxygen atoms in total. The molecule has 5 heteroatoms. The van der Waals surface area contributed by atoms with Gasteiger partial charge in [-0.3, -0.25) is 4.79 Å². The SMILES string of the molecule is COC1[C@@H](C)CC[C@@H](C(=O)O)N1C(C)=O. The monoisotopic (exact) mass is 215 g/mol. The Bertz CT molecular complexity index is 266. The van der Waals surface area contributed by atoms with E-state index in [9.17, 15) is 9.59 Å². The zero-order valence-electron chi connectivity index (χ0n) is 9.27. The van der Waals surface area contributed by atoms with Crippen molar-refractivity contribution in [1.29, 1.82) is 0 Å². The van der Waals surface area contributed by atoms with Crippen LogP contribution < -0.4 is 0 Å². The van der Waals surface area contributed by atoms with E-state index >= 15 is 0 Å². The third kappa shape index (κ3) is 2.28. The van der Waals surface area contributed by atoms with Crippen LogP contribution in [0.4, 0.5) is 0 Å². The number of nitrogens with zero attached hydrogens (tertiary/aromatic N) is 1. The highest BCUT2D eigenvalue weighted by Crippen LogP contribution is 2.28. The van der Waals surface area contributed by atoms with E-state index in [0.29, 0.717) is 6.42 Å². The van der Waals surface area contributed by atoms with Gasteiger partial charge >= 0.3 is 5.97 Å². The topological polar surface area (TPSA) is 66.8 Å². The molecular weight excluding hydrogens is 198 g/mol. The molecule has 0 radical (unpaired) electrons. The summed E-state index contributed by atoms with van der Waals surface area (Å²) in [6.07, 6.45) is 0.840. The molecule has 1 aliphatic rings. The molecule has 1 heterocycles. The van der Waals surface area contributed by atoms with Crippen LogP contribution >= 0.6 is 0 Å². The predicted octanol–water partition coefficient (Wildman–Crippen LogP) is 0.691. The van der Waals surface area contributed by atoms with Gasteiger partial charge in [0.1, 0.15) is 12.3 Å². The summed E-state index contributed by atoms with van der Waals surface area (Å²) in [5, 5.41) is 9.01. The second-order valence-corrected chi connectivity index (χ2v) is 3.96. The first-order chi connectivity index (χ1) is 6.99. The molecule has 0 aromatic heterocycles. The van der Waals surface area contributed by atoms with Crippen LogP contribution in [0, 0.1) is 5.92 Å². The Morgan fingerprint density at radius 3 is 2.40 bits per heavy atom. The zero-order valence-corrected chi connectivity index (χ0v) is 9.27. The lowest BCUT2D eigenvalue weighted by Gasteiger charge is -2.42. The molecule has 1 unspecified atom stereocenters. The Hall–Kier alpha value is -1.10. The van der Waals surface area contributed by atoms with Gasteiger partial charge in [-0.2, -0.15) is 0 Å². The average Bonchev–Trinajstić information content (AvgIpc) is 2.16. The lowest BCUT2D eigenvalue weighted by Crippen LogP contribution is -2.56. The molecule has 1 amide bonds. The molecule has 1 fully saturated rings. The van der Waals surface area contributed by atoms with Crippen molar-refractivity contribution in [3.8, 4) is 0 Å². The lowest BCUT2D eigenvalue weighted by molar-refractivity contribution is -0.172. The Labute approximate surface area is 89.0 Å². The fraction of sp³-hybridized carbons (Fsp3) is 0.800. The minimum absolute atomic E-state index is 0.175. The Morgan fingerprint density at radius 2 is 2.00 bits per heavy atom. The summed E-state index contributed by atoms with van der Waals surface area (Å²) in [6, 6.07) is -0.747. The molecule has 0 aromatic rings. The normalized spacial score (nSPS) is 31.4. The van der Waals surface area contributed by atoms with Crippen LogP contribution in [0.3, 0.4) is 0 Å². The van der Waals surface area contributed by atoms with Crippen molar-refractivity contribution >= 4 is 11.9 Å². The standard InChI is InChI=1S/C10H17NO4/c1-6-4-5-8(10(13)14)11(7(2)12)9(6)15-3/h6,8-9H,4-5H2,1-3H3,(H,13,14)/t6-,8-,9?/m0/s1. The highest BCUT2D eigenvalue weighted by molar-refractivity contribution is 5.82. The number of rotatable bonds is 2. The number of amides is 1. The Balaban J connectivity index is 2.92. The van der Waals surface area contributed by atoms with Gasteiger partial charge in [0.2, 0.25) is 5.91 Å². The summed E-state index contributed by atoms with van der Waals surface area (Å²) in [4.78, 5) is 23.7. The smallest absolute Gasteiger partial charge is 0.326 e. The van der Waals surface area contributed by atoms with E-state index in [1.54, 1.807) is 0 Å². The number of ether oxygens (including phenoxy) is 1. The summed E-state index contributed by atoms with van der Waals surface area (Å²) < 4.78 is 5.20. The molecule has 15 heavy (non-hydrogen) atoms. The summed E-state index contributed by atoms with van der Waals surface area (Å²) in [5.74, 6) is -1.03. The molecule has 3 atom stereocenters. The highest BCUT2D eigenvalue weighted by Gasteiger charge is 2.40. The summed E-state index contributed by atoms with van der Waals surface area (Å²) in [5.41, 5.74) is 0. The molecule has 86 valence electrons. The van der Waals surface area contributed by atoms with Gasteiger partial charge in [-0.1, -0.05) is 6.92 Å². The van der Waals surface area contributed by atoms with Crippen LogP contribution in [-0.2, 0) is 14.3 Å². The van der Waals surface area contributed by atoms with Gasteiger partial charge in [-0.25, -0.2) is 4.79 Å². The number of methoxy groups -OCH3 is 1. The van der Waals surface area contributed by atoms with Gasteiger partial charge in [-0.05, 0) is 12.8 Å². The maximum Gasteiger partial charge on any atom is 0.326 e. The van der Waals surface area contributed by atoms with E-state index in [-0.39, 0.29) is 11.8 Å². The van der Waals surface area contributed by atoms with Crippen LogP contribution in [0.25, 0.3) is 0 Å². The van der Waals surface area contributed by atoms with Crippen molar-refractivity contribution < 1.29 is 19.4 Å². The van der Waals surface area contributed by atoms with Crippen molar-refractivity contribution in [2.45, 2.75) is 39.0 Å². The van der Waals surface area contributed by atoms with Crippen molar-refractivity contribution in [2.24, 2.45) is 5.92 Å². The van der Waals surface area contributed by atoms with Crippen LogP contribution in [0.5, 0.6) is 0 Å². The van der Waals surface area contributed by atoms with Crippen LogP contribution in [-0.4, -0.2) is 41.3 Å². The number of hydrogen-bond donors (Lipinski definition) is 1. The second kappa shape index (κ2) is 4.61. The minimum atomic E-state index is -0.959. The molecule has 0 bridgehead atoms. The van der Waals surface area contributed by atoms with E-state index in [0.717, 1.165) is 6.42 Å². The van der Waals surface area contributed by atoms with Gasteiger partial charge in [0, 0.05) is 20.0 Å². The van der Waals surface area contributed by atoms with Gasteiger partial charge in [-0.15, -0.1) is 0 Å². The third-order valence-electron chi connectivity index (χ3n) is 2.88. The second-order valence-electron chi connectivity index (χ2n) is 3.96. The number of hydrogen-bond acceptors (Lipinski definition) is 3. The molecular formula is C10H17NO4. The molecule has 1 aliphatic heterocycles. The van der Waals surface area contributed by atoms with Crippen molar-refractivity contribution in [3.05, 3.63) is 0 Å². The zero-order chi connectivity index (χ0) is 11.6. The first-order valence-electron chi connectivity index (χ1n) is 5.03. The number of carboxylic acid groups (broad SMARTS) is 1. The number of carbonyl (C=O) groups excluding carboxylic acids is 1. The number of likely N-dealkylation sites (tertiary alicyclic amines) is 1. The minimum Gasteiger partial charge on any atom is -0.480 e. The molecule has 1 rings (SSSR count). The van der Waals surface area contributed by atoms with E-state index in [4.69, 9.17) is 9.84 Å². The molecule has 0 spiro atoms. The van der Waals surface area contributed by atoms with Gasteiger partial charge in [0.25, 0.3) is 0 Å². The number of aliphatic carboxylic acids is 1. The number of piperidine rings is 1. The largest absolute Gasteiger partial charge is 0.480 e. The van der Waals surface area contributed by atoms with Gasteiger partial charge in [0.05, 0.1) is 0 Å². The lowest BCUT2D eigenvalue weighted by atomic mass is 9.92. The Kier molecular flexibility index (Phi) is 3.68. The molecule has 1 N–H and O–H groups in total. The average molecular weight is 215 g/mol. The maximum absolute atomic E-state index is 11.4. The highest BCUT2D eigenvalue weighted by atomic mass is 16.5. The number of carboxylic acids is 1. The quantitative estimate of drug-likeness (QED) is 0.736. The maximum atomic E-state index is 11.4. The first-order valence-corrected chi connectivity index (χ1v) is 5.03. The first kappa shape index (κ1) is 12.0. The van der Waals surface area contributed by atoms with Crippen LogP contribution in [0.1, 0.15) is 26.7 Å². The fourth-order valence-electron chi connectivity index (χ4n) is 2.14. The van der Waals surface area contributed by atoms with Crippen molar-refractivity contribution in [3.63, 3.8) is 0 Å². The molecule has 1 saturated heterocycles. The Morgan fingerprint density at radius 1 is 1.40 bits per heavy atom. The van der Waals surface area contributed by atoms with Crippen LogP contribution in [0.2, 0.25) is 0 Å². The predicted molar refractivity (Wildman–Crippen MR) is 53.1 cm³/mol. The number of carbonyl (C=O) groups is 2. The fourth-order valence-corrected chi connectivity index (χ4v) is 2.14. The van der Waals surface area contributed by atoms with Gasteiger partial charge < -0.3 is 14.7 Å². The summed E-state index contributed by atoms with van der Waals surface area (Å²) >= 11 is 0. The summed E-state index contributed by atoms with van der Waals surface area (Å²) in [7, 11) is 1.50. The van der Waals surface area contributed by atoms with E-state index in [2.05, 4.69) is 0 Å². The third-order valence-corrected chi connectivity index (χ3v) is 2.88. The molecule has 0 aromatic carbocycles. The van der Waals surface area contributed by atoms with Crippen molar-refractivity contribution in [2.75, 3.05) is 7.11 Å². The van der Waals surface area contributed by atoms with E-state index in [1.807, 2.05) is 6.92 Å². The van der Waals surface area contributed by atoms with E-state index < -0.39 is 18.2 Å². The molecule has 0 aliphatic carbocycles. The van der Waals surface area contributed by atoms with E-state index in [1.165, 1.54) is 18.9 Å². The molecule has 0 saturated carbocycles. The van der Waals surface area contributed by atoms with Crippen LogP contribution in [0.15, 0.2) is 0 Å². The van der Waals surface area contributed by atoms with Gasteiger partial charge in [0.15, 0.2) is 0 Å². The summed E-state index contributed by atoms with van der Waals surface area (Å²) in [6.45, 7) is 3.34.